The van der Waals surface area contributed by atoms with Gasteiger partial charge >= 0.3 is 12.1 Å². The molecule has 0 amide bonds. The van der Waals surface area contributed by atoms with Crippen LogP contribution in [0.25, 0.3) is 0 Å². The van der Waals surface area contributed by atoms with Crippen LogP contribution in [-0.4, -0.2) is 107 Å². The van der Waals surface area contributed by atoms with E-state index in [0.717, 1.165) is 110 Å². The summed E-state index contributed by atoms with van der Waals surface area (Å²) in [6.45, 7) is 13.7. The fourth-order valence-electron chi connectivity index (χ4n) is 7.45. The topological polar surface area (TPSA) is 113 Å². The number of carbonyl (C=O) groups excluding carboxylic acids is 2. The van der Waals surface area contributed by atoms with Gasteiger partial charge in [0.15, 0.2) is 0 Å². The maximum Gasteiger partial charge on any atom is 0.508 e. The van der Waals surface area contributed by atoms with Crippen LogP contribution in [0, 0.1) is 0 Å². The number of esters is 1. The van der Waals surface area contributed by atoms with Crippen molar-refractivity contribution in [3.63, 3.8) is 0 Å². The van der Waals surface area contributed by atoms with E-state index in [1.54, 1.807) is 0 Å². The van der Waals surface area contributed by atoms with Gasteiger partial charge in [0, 0.05) is 13.0 Å². The molecular formula is C50H99NO9. The Bertz CT molecular complexity index is 848. The lowest BCUT2D eigenvalue weighted by Crippen LogP contribution is -2.30. The van der Waals surface area contributed by atoms with E-state index in [-0.39, 0.29) is 18.7 Å². The summed E-state index contributed by atoms with van der Waals surface area (Å²) in [6, 6.07) is 0. The maximum atomic E-state index is 12.6. The summed E-state index contributed by atoms with van der Waals surface area (Å²) < 4.78 is 33.5. The lowest BCUT2D eigenvalue weighted by molar-refractivity contribution is -0.143. The predicted molar refractivity (Wildman–Crippen MR) is 248 cm³/mol. The first-order chi connectivity index (χ1) is 29.6. The number of ether oxygens (including phenoxy) is 6. The van der Waals surface area contributed by atoms with Gasteiger partial charge in [-0.25, -0.2) is 4.79 Å². The minimum atomic E-state index is -0.487. The third kappa shape index (κ3) is 46.1. The molecule has 10 nitrogen and oxygen atoms in total. The number of nitrogens with zero attached hydrogens (tertiary/aromatic N) is 1. The Balaban J connectivity index is 4.37. The maximum absolute atomic E-state index is 12.6. The predicted octanol–water partition coefficient (Wildman–Crippen LogP) is 12.9. The molecule has 0 spiro atoms. The second-order valence-electron chi connectivity index (χ2n) is 17.0. The molecule has 60 heavy (non-hydrogen) atoms. The van der Waals surface area contributed by atoms with Gasteiger partial charge in [-0.3, -0.25) is 4.79 Å². The van der Waals surface area contributed by atoms with E-state index in [4.69, 9.17) is 33.5 Å². The molecule has 0 atom stereocenters. The van der Waals surface area contributed by atoms with Gasteiger partial charge in [0.25, 0.3) is 0 Å². The second kappa shape index (κ2) is 50.2. The normalized spacial score (nSPS) is 11.6. The molecule has 0 bridgehead atoms. The number of aliphatic hydroxyl groups is 1. The van der Waals surface area contributed by atoms with E-state index in [2.05, 4.69) is 25.7 Å². The summed E-state index contributed by atoms with van der Waals surface area (Å²) in [6.07, 6.45) is 36.4. The Labute approximate surface area is 370 Å². The van der Waals surface area contributed by atoms with Gasteiger partial charge in [0.1, 0.15) is 6.10 Å². The van der Waals surface area contributed by atoms with Crippen LogP contribution in [0.4, 0.5) is 4.79 Å². The Hall–Kier alpha value is -1.46. The summed E-state index contributed by atoms with van der Waals surface area (Å²) in [4.78, 5) is 27.3. The molecule has 0 heterocycles. The molecule has 10 heteroatoms. The minimum absolute atomic E-state index is 0.0184. The molecule has 0 unspecified atom stereocenters. The smallest absolute Gasteiger partial charge is 0.466 e. The highest BCUT2D eigenvalue weighted by atomic mass is 16.7. The summed E-state index contributed by atoms with van der Waals surface area (Å²) in [5.74, 6) is -0.0551. The van der Waals surface area contributed by atoms with Crippen LogP contribution in [0.2, 0.25) is 0 Å². The number of aliphatic hydroxyl groups excluding tert-OH is 1. The number of carbonyl (C=O) groups is 2. The molecule has 0 aromatic rings. The lowest BCUT2D eigenvalue weighted by Gasteiger charge is -2.22. The van der Waals surface area contributed by atoms with Crippen LogP contribution in [-0.2, 0) is 33.2 Å². The molecule has 0 rings (SSSR count). The van der Waals surface area contributed by atoms with Crippen LogP contribution < -0.4 is 0 Å². The second-order valence-corrected chi connectivity index (χ2v) is 17.0. The zero-order chi connectivity index (χ0) is 43.7. The van der Waals surface area contributed by atoms with Gasteiger partial charge in [0.2, 0.25) is 0 Å². The van der Waals surface area contributed by atoms with Crippen LogP contribution in [0.3, 0.4) is 0 Å². The molecule has 0 aromatic carbocycles. The van der Waals surface area contributed by atoms with Crippen molar-refractivity contribution in [1.29, 1.82) is 0 Å². The average Bonchev–Trinajstić information content (AvgIpc) is 3.24. The van der Waals surface area contributed by atoms with E-state index >= 15 is 0 Å². The quantitative estimate of drug-likeness (QED) is 0.0469. The molecule has 1 N–H and O–H groups in total. The molecule has 0 aromatic heterocycles. The molecule has 358 valence electrons. The van der Waals surface area contributed by atoms with Crippen molar-refractivity contribution >= 4 is 12.1 Å². The Morgan fingerprint density at radius 2 is 0.817 bits per heavy atom. The third-order valence-corrected chi connectivity index (χ3v) is 11.3. The van der Waals surface area contributed by atoms with Gasteiger partial charge in [-0.2, -0.15) is 0 Å². The van der Waals surface area contributed by atoms with E-state index < -0.39 is 6.16 Å². The Morgan fingerprint density at radius 3 is 1.32 bits per heavy atom. The fourth-order valence-corrected chi connectivity index (χ4v) is 7.45. The standard InChI is InChI=1S/C50H99NO9/c1-4-7-10-13-16-17-18-23-31-40-58-49(53)35-28-25-30-37-51(38-42-55-44-46-57-47-45-56-43-39-52)36-29-22-19-24-32-41-59-50(54)60-48(33-26-20-14-11-8-5-2)34-27-21-15-12-9-6-3/h48,52H,4-47H2,1-3H3. The Morgan fingerprint density at radius 1 is 0.417 bits per heavy atom. The zero-order valence-corrected chi connectivity index (χ0v) is 39.9. The molecule has 0 aliphatic heterocycles. The lowest BCUT2D eigenvalue weighted by atomic mass is 10.0. The van der Waals surface area contributed by atoms with Gasteiger partial charge in [0.05, 0.1) is 59.5 Å². The minimum Gasteiger partial charge on any atom is -0.466 e. The van der Waals surface area contributed by atoms with Crippen molar-refractivity contribution in [2.75, 3.05) is 79.1 Å². The van der Waals surface area contributed by atoms with Crippen molar-refractivity contribution in [1.82, 2.24) is 4.90 Å². The molecule has 0 fully saturated rings. The molecule has 0 aliphatic rings. The van der Waals surface area contributed by atoms with Crippen LogP contribution in [0.1, 0.15) is 226 Å². The number of hydrogen-bond donors (Lipinski definition) is 1. The third-order valence-electron chi connectivity index (χ3n) is 11.3. The SMILES string of the molecule is CCCCCCCCCCCOC(=O)CCCCCN(CCCCCCCOC(=O)OC(CCCCCCCC)CCCCCCCC)CCOCCOCCOCCO. The van der Waals surface area contributed by atoms with Crippen LogP contribution >= 0.6 is 0 Å². The summed E-state index contributed by atoms with van der Waals surface area (Å²) in [5, 5.41) is 8.79. The van der Waals surface area contributed by atoms with Gasteiger partial charge < -0.3 is 38.4 Å². The summed E-state index contributed by atoms with van der Waals surface area (Å²) in [7, 11) is 0. The van der Waals surface area contributed by atoms with Crippen molar-refractivity contribution < 1.29 is 43.1 Å². The van der Waals surface area contributed by atoms with E-state index in [1.165, 1.54) is 109 Å². The van der Waals surface area contributed by atoms with Gasteiger partial charge in [-0.1, -0.05) is 162 Å². The molecule has 0 radical (unpaired) electrons. The van der Waals surface area contributed by atoms with Gasteiger partial charge in [-0.15, -0.1) is 0 Å². The first kappa shape index (κ1) is 58.5. The highest BCUT2D eigenvalue weighted by Crippen LogP contribution is 2.18. The molecule has 0 saturated heterocycles. The number of rotatable bonds is 50. The van der Waals surface area contributed by atoms with Crippen molar-refractivity contribution in [3.05, 3.63) is 0 Å². The first-order valence-corrected chi connectivity index (χ1v) is 25.6. The van der Waals surface area contributed by atoms with Crippen molar-refractivity contribution in [3.8, 4) is 0 Å². The summed E-state index contributed by atoms with van der Waals surface area (Å²) >= 11 is 0. The van der Waals surface area contributed by atoms with Crippen LogP contribution in [0.5, 0.6) is 0 Å². The zero-order valence-electron chi connectivity index (χ0n) is 39.9. The molecule has 0 saturated carbocycles. The largest absolute Gasteiger partial charge is 0.508 e. The van der Waals surface area contributed by atoms with Gasteiger partial charge in [-0.05, 0) is 70.9 Å². The Kier molecular flexibility index (Phi) is 49.0. The highest BCUT2D eigenvalue weighted by Gasteiger charge is 2.15. The van der Waals surface area contributed by atoms with E-state index in [1.807, 2.05) is 0 Å². The number of unbranched alkanes of at least 4 members (excludes halogenated alkanes) is 24. The average molecular weight is 858 g/mol. The highest BCUT2D eigenvalue weighted by molar-refractivity contribution is 5.69. The molecule has 0 aliphatic carbocycles. The van der Waals surface area contributed by atoms with Crippen molar-refractivity contribution in [2.45, 2.75) is 232 Å². The van der Waals surface area contributed by atoms with E-state index in [0.29, 0.717) is 59.3 Å². The fraction of sp³-hybridized carbons (Fsp3) is 0.960. The number of hydrogen-bond acceptors (Lipinski definition) is 10. The first-order valence-electron chi connectivity index (χ1n) is 25.6. The van der Waals surface area contributed by atoms with Crippen molar-refractivity contribution in [2.24, 2.45) is 0 Å². The monoisotopic (exact) mass is 858 g/mol. The van der Waals surface area contributed by atoms with E-state index in [9.17, 15) is 9.59 Å². The summed E-state index contributed by atoms with van der Waals surface area (Å²) in [5.41, 5.74) is 0. The molecular weight excluding hydrogens is 759 g/mol. The van der Waals surface area contributed by atoms with Crippen LogP contribution in [0.15, 0.2) is 0 Å².